The largest absolute Gasteiger partial charge is 0.481 e. The zero-order valence-corrected chi connectivity index (χ0v) is 17.6. The second-order valence-corrected chi connectivity index (χ2v) is 8.27. The van der Waals surface area contributed by atoms with E-state index in [-0.39, 0.29) is 44.6 Å². The molecular weight excluding hydrogens is 410 g/mol. The molecule has 2 amide bonds. The molecule has 0 aromatic rings. The number of amides is 2. The molecule has 2 aliphatic rings. The van der Waals surface area contributed by atoms with E-state index in [1.54, 1.807) is 0 Å². The van der Waals surface area contributed by atoms with Crippen molar-refractivity contribution in [2.24, 2.45) is 5.92 Å². The minimum absolute atomic E-state index is 0.0891. The molecular formula is C20H32N3O8+. The molecule has 11 heteroatoms. The maximum Gasteiger partial charge on any atom is 0.326 e. The summed E-state index contributed by atoms with van der Waals surface area (Å²) in [5, 5.41) is 27.8. The molecule has 4 atom stereocenters. The number of aliphatic carboxylic acids is 3. The molecule has 2 rings (SSSR count). The Labute approximate surface area is 180 Å². The van der Waals surface area contributed by atoms with Crippen LogP contribution in [0.25, 0.3) is 0 Å². The second-order valence-electron chi connectivity index (χ2n) is 8.27. The third-order valence-electron chi connectivity index (χ3n) is 6.11. The van der Waals surface area contributed by atoms with E-state index in [9.17, 15) is 29.1 Å². The van der Waals surface area contributed by atoms with E-state index in [4.69, 9.17) is 10.2 Å². The highest BCUT2D eigenvalue weighted by Crippen LogP contribution is 2.38. The molecule has 0 aromatic carbocycles. The van der Waals surface area contributed by atoms with Crippen LogP contribution in [-0.2, 0) is 24.0 Å². The SMILES string of the molecule is [NH3+]CCCCCC(=O)N1C[C@@H]2C[C@H](CCC(=O)O)[C@@H](C(=O)O)N2C(=O)[C@@H]1CCC(=O)O. The van der Waals surface area contributed by atoms with Crippen molar-refractivity contribution in [1.82, 2.24) is 9.80 Å². The molecule has 0 spiro atoms. The van der Waals surface area contributed by atoms with Gasteiger partial charge in [-0.3, -0.25) is 19.2 Å². The molecule has 174 valence electrons. The lowest BCUT2D eigenvalue weighted by atomic mass is 9.93. The van der Waals surface area contributed by atoms with Gasteiger partial charge >= 0.3 is 17.9 Å². The highest BCUT2D eigenvalue weighted by molar-refractivity contribution is 5.93. The molecule has 6 N–H and O–H groups in total. The maximum atomic E-state index is 13.3. The molecule has 2 fully saturated rings. The number of carboxylic acids is 3. The lowest BCUT2D eigenvalue weighted by molar-refractivity contribution is -0.368. The van der Waals surface area contributed by atoms with Crippen molar-refractivity contribution in [3.8, 4) is 0 Å². The topological polar surface area (TPSA) is 180 Å². The Balaban J connectivity index is 2.22. The van der Waals surface area contributed by atoms with Crippen molar-refractivity contribution in [1.29, 1.82) is 0 Å². The predicted octanol–water partition coefficient (Wildman–Crippen LogP) is -0.601. The molecule has 2 heterocycles. The number of piperazine rings is 1. The standard InChI is InChI=1S/C20H31N3O8/c21-9-3-1-2-4-15(24)22-11-13-10-12(5-7-16(25)26)18(20(30)31)23(13)19(29)14(22)6-8-17(27)28/h12-14,18H,1-11,21H2,(H,25,26)(H,27,28)(H,30,31)/p+1/t12-,13-,14-,18-/m0/s1. The van der Waals surface area contributed by atoms with Gasteiger partial charge in [-0.25, -0.2) is 4.79 Å². The van der Waals surface area contributed by atoms with Crippen LogP contribution in [0.15, 0.2) is 0 Å². The van der Waals surface area contributed by atoms with E-state index < -0.39 is 47.9 Å². The van der Waals surface area contributed by atoms with Gasteiger partial charge in [-0.2, -0.15) is 0 Å². The molecule has 2 saturated heterocycles. The van der Waals surface area contributed by atoms with Gasteiger partial charge in [0.15, 0.2) is 0 Å². The normalized spacial score (nSPS) is 25.4. The minimum Gasteiger partial charge on any atom is -0.481 e. The summed E-state index contributed by atoms with van der Waals surface area (Å²) in [6.07, 6.45) is 2.38. The average molecular weight is 442 g/mol. The predicted molar refractivity (Wildman–Crippen MR) is 106 cm³/mol. The fourth-order valence-electron chi connectivity index (χ4n) is 4.68. The summed E-state index contributed by atoms with van der Waals surface area (Å²) in [6.45, 7) is 0.903. The molecule has 11 nitrogen and oxygen atoms in total. The Kier molecular flexibility index (Phi) is 8.78. The Bertz CT molecular complexity index is 713. The number of unbranched alkanes of at least 4 members (excludes halogenated alkanes) is 2. The van der Waals surface area contributed by atoms with Crippen molar-refractivity contribution < 1.29 is 45.0 Å². The first-order valence-electron chi connectivity index (χ1n) is 10.7. The molecule has 0 aliphatic carbocycles. The number of carbonyl (C=O) groups is 5. The summed E-state index contributed by atoms with van der Waals surface area (Å²) in [4.78, 5) is 62.8. The second kappa shape index (κ2) is 11.1. The maximum absolute atomic E-state index is 13.3. The summed E-state index contributed by atoms with van der Waals surface area (Å²) in [6, 6.07) is -2.71. The van der Waals surface area contributed by atoms with Crippen molar-refractivity contribution in [2.45, 2.75) is 75.9 Å². The van der Waals surface area contributed by atoms with Crippen molar-refractivity contribution in [3.05, 3.63) is 0 Å². The van der Waals surface area contributed by atoms with Crippen molar-refractivity contribution >= 4 is 29.7 Å². The Morgan fingerprint density at radius 2 is 1.58 bits per heavy atom. The number of hydrogen-bond donors (Lipinski definition) is 4. The van der Waals surface area contributed by atoms with E-state index in [2.05, 4.69) is 5.73 Å². The summed E-state index contributed by atoms with van der Waals surface area (Å²) in [7, 11) is 0. The number of carbonyl (C=O) groups excluding carboxylic acids is 2. The van der Waals surface area contributed by atoms with Crippen LogP contribution in [-0.4, -0.2) is 86.1 Å². The van der Waals surface area contributed by atoms with E-state index in [0.29, 0.717) is 12.8 Å². The number of hydrogen-bond acceptors (Lipinski definition) is 5. The van der Waals surface area contributed by atoms with Crippen molar-refractivity contribution in [3.63, 3.8) is 0 Å². The van der Waals surface area contributed by atoms with Crippen LogP contribution in [0.2, 0.25) is 0 Å². The number of nitrogens with zero attached hydrogens (tertiary/aromatic N) is 2. The Morgan fingerprint density at radius 3 is 2.16 bits per heavy atom. The Morgan fingerprint density at radius 1 is 0.935 bits per heavy atom. The van der Waals surface area contributed by atoms with Gasteiger partial charge in [-0.1, -0.05) is 0 Å². The fourth-order valence-corrected chi connectivity index (χ4v) is 4.68. The van der Waals surface area contributed by atoms with Crippen molar-refractivity contribution in [2.75, 3.05) is 13.1 Å². The monoisotopic (exact) mass is 442 g/mol. The first kappa shape index (κ1) is 24.6. The Hall–Kier alpha value is -2.69. The van der Waals surface area contributed by atoms with Gasteiger partial charge in [-0.05, 0) is 44.4 Å². The third kappa shape index (κ3) is 6.16. The van der Waals surface area contributed by atoms with Crippen LogP contribution in [0.4, 0.5) is 0 Å². The van der Waals surface area contributed by atoms with Gasteiger partial charge in [0.05, 0.1) is 12.6 Å². The minimum atomic E-state index is -1.21. The molecule has 0 aromatic heterocycles. The van der Waals surface area contributed by atoms with Crippen LogP contribution < -0.4 is 5.73 Å². The highest BCUT2D eigenvalue weighted by atomic mass is 16.4. The van der Waals surface area contributed by atoms with Crippen LogP contribution in [0.5, 0.6) is 0 Å². The number of carboxylic acid groups (broad SMARTS) is 3. The molecule has 0 radical (unpaired) electrons. The molecule has 0 saturated carbocycles. The summed E-state index contributed by atoms with van der Waals surface area (Å²) in [5.41, 5.74) is 3.76. The number of fused-ring (bicyclic) bond motifs is 1. The highest BCUT2D eigenvalue weighted by Gasteiger charge is 2.53. The zero-order valence-electron chi connectivity index (χ0n) is 17.6. The third-order valence-corrected chi connectivity index (χ3v) is 6.11. The van der Waals surface area contributed by atoms with Crippen LogP contribution >= 0.6 is 0 Å². The van der Waals surface area contributed by atoms with Crippen LogP contribution in [0, 0.1) is 5.92 Å². The molecule has 0 unspecified atom stereocenters. The smallest absolute Gasteiger partial charge is 0.326 e. The van der Waals surface area contributed by atoms with Crippen LogP contribution in [0.1, 0.15) is 57.8 Å². The fraction of sp³-hybridized carbons (Fsp3) is 0.750. The summed E-state index contributed by atoms with van der Waals surface area (Å²) in [5.74, 6) is -4.69. The summed E-state index contributed by atoms with van der Waals surface area (Å²) >= 11 is 0. The van der Waals surface area contributed by atoms with Gasteiger partial charge in [-0.15, -0.1) is 0 Å². The quantitative estimate of drug-likeness (QED) is 0.289. The lowest BCUT2D eigenvalue weighted by Crippen LogP contribution is -2.63. The van der Waals surface area contributed by atoms with Gasteiger partial charge in [0.25, 0.3) is 0 Å². The zero-order chi connectivity index (χ0) is 23.1. The van der Waals surface area contributed by atoms with Gasteiger partial charge < -0.3 is 30.9 Å². The number of rotatable bonds is 12. The van der Waals surface area contributed by atoms with E-state index >= 15 is 0 Å². The number of quaternary nitrogens is 1. The average Bonchev–Trinajstić information content (AvgIpc) is 3.07. The molecule has 0 bridgehead atoms. The van der Waals surface area contributed by atoms with E-state index in [1.165, 1.54) is 9.80 Å². The van der Waals surface area contributed by atoms with Gasteiger partial charge in [0.2, 0.25) is 11.8 Å². The molecule has 2 aliphatic heterocycles. The summed E-state index contributed by atoms with van der Waals surface area (Å²) < 4.78 is 0. The lowest BCUT2D eigenvalue weighted by Gasteiger charge is -2.44. The van der Waals surface area contributed by atoms with Gasteiger partial charge in [0, 0.05) is 25.8 Å². The van der Waals surface area contributed by atoms with Crippen LogP contribution in [0.3, 0.4) is 0 Å². The first-order valence-corrected chi connectivity index (χ1v) is 10.7. The molecule has 31 heavy (non-hydrogen) atoms. The van der Waals surface area contributed by atoms with Gasteiger partial charge in [0.1, 0.15) is 12.1 Å². The van der Waals surface area contributed by atoms with E-state index in [0.717, 1.165) is 19.4 Å². The first-order chi connectivity index (χ1) is 14.7. The van der Waals surface area contributed by atoms with E-state index in [1.807, 2.05) is 0 Å².